The lowest BCUT2D eigenvalue weighted by atomic mass is 10.1. The molecule has 1 rings (SSSR count). The second-order valence-electron chi connectivity index (χ2n) is 4.42. The van der Waals surface area contributed by atoms with E-state index in [1.165, 1.54) is 12.1 Å². The third-order valence-electron chi connectivity index (χ3n) is 2.33. The zero-order valence-corrected chi connectivity index (χ0v) is 12.7. The molecule has 0 saturated heterocycles. The van der Waals surface area contributed by atoms with Crippen LogP contribution in [0.5, 0.6) is 0 Å². The molecule has 0 spiro atoms. The zero-order chi connectivity index (χ0) is 14.3. The fourth-order valence-corrected chi connectivity index (χ4v) is 3.43. The van der Waals surface area contributed by atoms with Gasteiger partial charge >= 0.3 is 0 Å². The van der Waals surface area contributed by atoms with E-state index < -0.39 is 10.0 Å². The standard InChI is InChI=1S/C12H18N2O3S2/c1-10(2)5-7-17-8-6-14-19(15,16)12-4-3-11(9-13)18-12/h3-4,10,14H,5-8H2,1-2H3. The van der Waals surface area contributed by atoms with E-state index in [0.29, 0.717) is 24.0 Å². The number of hydrogen-bond acceptors (Lipinski definition) is 5. The van der Waals surface area contributed by atoms with Gasteiger partial charge in [0, 0.05) is 13.2 Å². The molecule has 0 aromatic carbocycles. The molecule has 0 amide bonds. The number of sulfonamides is 1. The molecule has 5 nitrogen and oxygen atoms in total. The number of nitrogens with one attached hydrogen (secondary N) is 1. The average Bonchev–Trinajstić information content (AvgIpc) is 2.82. The van der Waals surface area contributed by atoms with Crippen molar-refractivity contribution in [3.63, 3.8) is 0 Å². The first-order chi connectivity index (χ1) is 8.95. The second-order valence-corrected chi connectivity index (χ2v) is 7.50. The van der Waals surface area contributed by atoms with Crippen LogP contribution in [-0.4, -0.2) is 28.2 Å². The van der Waals surface area contributed by atoms with Gasteiger partial charge in [0.25, 0.3) is 0 Å². The first-order valence-electron chi connectivity index (χ1n) is 6.03. The van der Waals surface area contributed by atoms with E-state index in [0.717, 1.165) is 17.8 Å². The fraction of sp³-hybridized carbons (Fsp3) is 0.583. The van der Waals surface area contributed by atoms with Crippen molar-refractivity contribution in [2.75, 3.05) is 19.8 Å². The SMILES string of the molecule is CC(C)CCOCCNS(=O)(=O)c1ccc(C#N)s1. The van der Waals surface area contributed by atoms with Crippen molar-refractivity contribution in [1.29, 1.82) is 5.26 Å². The van der Waals surface area contributed by atoms with Crippen molar-refractivity contribution in [1.82, 2.24) is 4.72 Å². The summed E-state index contributed by atoms with van der Waals surface area (Å²) >= 11 is 0.960. The van der Waals surface area contributed by atoms with Gasteiger partial charge in [-0.3, -0.25) is 0 Å². The first-order valence-corrected chi connectivity index (χ1v) is 8.33. The van der Waals surface area contributed by atoms with Crippen molar-refractivity contribution < 1.29 is 13.2 Å². The molecule has 0 aliphatic heterocycles. The minimum atomic E-state index is -3.52. The third-order valence-corrected chi connectivity index (χ3v) is 5.28. The summed E-state index contributed by atoms with van der Waals surface area (Å²) in [6.45, 7) is 5.44. The highest BCUT2D eigenvalue weighted by Crippen LogP contribution is 2.20. The van der Waals surface area contributed by atoms with Crippen molar-refractivity contribution in [2.24, 2.45) is 5.92 Å². The van der Waals surface area contributed by atoms with Gasteiger partial charge in [0.05, 0.1) is 6.61 Å². The Morgan fingerprint density at radius 2 is 2.16 bits per heavy atom. The Bertz CT molecular complexity index is 529. The largest absolute Gasteiger partial charge is 0.380 e. The van der Waals surface area contributed by atoms with E-state index in [2.05, 4.69) is 18.6 Å². The molecule has 0 fully saturated rings. The molecule has 1 heterocycles. The molecule has 7 heteroatoms. The average molecular weight is 302 g/mol. The van der Waals surface area contributed by atoms with Gasteiger partial charge in [-0.1, -0.05) is 13.8 Å². The number of nitriles is 1. The van der Waals surface area contributed by atoms with Crippen LogP contribution in [0.2, 0.25) is 0 Å². The molecule has 0 unspecified atom stereocenters. The van der Waals surface area contributed by atoms with Gasteiger partial charge in [-0.05, 0) is 24.5 Å². The van der Waals surface area contributed by atoms with Crippen LogP contribution in [0.3, 0.4) is 0 Å². The highest BCUT2D eigenvalue weighted by molar-refractivity contribution is 7.91. The third kappa shape index (κ3) is 5.70. The molecular weight excluding hydrogens is 284 g/mol. The lowest BCUT2D eigenvalue weighted by Crippen LogP contribution is -2.27. The molecule has 0 aliphatic carbocycles. The molecule has 0 atom stereocenters. The Labute approximate surface area is 118 Å². The molecule has 0 saturated carbocycles. The maximum absolute atomic E-state index is 11.8. The monoisotopic (exact) mass is 302 g/mol. The molecule has 0 bridgehead atoms. The second kappa shape index (κ2) is 7.60. The van der Waals surface area contributed by atoms with E-state index in [9.17, 15) is 8.42 Å². The smallest absolute Gasteiger partial charge is 0.250 e. The fourth-order valence-electron chi connectivity index (χ4n) is 1.27. The molecule has 19 heavy (non-hydrogen) atoms. The maximum Gasteiger partial charge on any atom is 0.250 e. The van der Waals surface area contributed by atoms with Crippen LogP contribution < -0.4 is 4.72 Å². The molecule has 0 aliphatic rings. The highest BCUT2D eigenvalue weighted by Gasteiger charge is 2.15. The van der Waals surface area contributed by atoms with Crippen LogP contribution in [0.4, 0.5) is 0 Å². The van der Waals surface area contributed by atoms with Crippen LogP contribution >= 0.6 is 11.3 Å². The molecule has 106 valence electrons. The van der Waals surface area contributed by atoms with Crippen LogP contribution in [0, 0.1) is 17.2 Å². The summed E-state index contributed by atoms with van der Waals surface area (Å²) in [5.41, 5.74) is 0. The van der Waals surface area contributed by atoms with Crippen molar-refractivity contribution >= 4 is 21.4 Å². The Hall–Kier alpha value is -0.940. The molecule has 1 aromatic rings. The Kier molecular flexibility index (Phi) is 6.45. The Balaban J connectivity index is 2.34. The van der Waals surface area contributed by atoms with E-state index in [-0.39, 0.29) is 10.8 Å². The van der Waals surface area contributed by atoms with Crippen LogP contribution in [0.25, 0.3) is 0 Å². The zero-order valence-electron chi connectivity index (χ0n) is 11.0. The Morgan fingerprint density at radius 1 is 1.42 bits per heavy atom. The van der Waals surface area contributed by atoms with Crippen LogP contribution in [0.15, 0.2) is 16.3 Å². The van der Waals surface area contributed by atoms with Gasteiger partial charge in [0.1, 0.15) is 15.2 Å². The summed E-state index contributed by atoms with van der Waals surface area (Å²) in [6, 6.07) is 4.85. The van der Waals surface area contributed by atoms with E-state index in [4.69, 9.17) is 10.00 Å². The summed E-state index contributed by atoms with van der Waals surface area (Å²) in [4.78, 5) is 0.383. The van der Waals surface area contributed by atoms with Gasteiger partial charge in [-0.15, -0.1) is 11.3 Å². The van der Waals surface area contributed by atoms with Gasteiger partial charge in [0.15, 0.2) is 0 Å². The highest BCUT2D eigenvalue weighted by atomic mass is 32.2. The topological polar surface area (TPSA) is 79.2 Å². The van der Waals surface area contributed by atoms with E-state index in [1.54, 1.807) is 0 Å². The minimum absolute atomic E-state index is 0.159. The summed E-state index contributed by atoms with van der Waals surface area (Å²) in [5, 5.41) is 8.66. The predicted molar refractivity (Wildman–Crippen MR) is 74.5 cm³/mol. The number of nitrogens with zero attached hydrogens (tertiary/aromatic N) is 1. The summed E-state index contributed by atoms with van der Waals surface area (Å²) in [6.07, 6.45) is 0.962. The van der Waals surface area contributed by atoms with Crippen molar-refractivity contribution in [2.45, 2.75) is 24.5 Å². The number of ether oxygens (including phenoxy) is 1. The minimum Gasteiger partial charge on any atom is -0.380 e. The molecule has 1 aromatic heterocycles. The number of rotatable bonds is 8. The Morgan fingerprint density at radius 3 is 2.74 bits per heavy atom. The predicted octanol–water partition coefficient (Wildman–Crippen LogP) is 1.96. The van der Waals surface area contributed by atoms with Crippen molar-refractivity contribution in [3.8, 4) is 6.07 Å². The van der Waals surface area contributed by atoms with Crippen molar-refractivity contribution in [3.05, 3.63) is 17.0 Å². The van der Waals surface area contributed by atoms with Gasteiger partial charge in [-0.25, -0.2) is 13.1 Å². The normalized spacial score (nSPS) is 11.7. The number of hydrogen-bond donors (Lipinski definition) is 1. The quantitative estimate of drug-likeness (QED) is 0.744. The van der Waals surface area contributed by atoms with Crippen LogP contribution in [-0.2, 0) is 14.8 Å². The lowest BCUT2D eigenvalue weighted by Gasteiger charge is -2.07. The maximum atomic E-state index is 11.8. The summed E-state index contributed by atoms with van der Waals surface area (Å²) < 4.78 is 31.6. The van der Waals surface area contributed by atoms with Gasteiger partial charge in [-0.2, -0.15) is 5.26 Å². The van der Waals surface area contributed by atoms with E-state index in [1.807, 2.05) is 6.07 Å². The van der Waals surface area contributed by atoms with Gasteiger partial charge in [0.2, 0.25) is 10.0 Å². The molecule has 0 radical (unpaired) electrons. The van der Waals surface area contributed by atoms with Gasteiger partial charge < -0.3 is 4.74 Å². The van der Waals surface area contributed by atoms with E-state index >= 15 is 0 Å². The lowest BCUT2D eigenvalue weighted by molar-refractivity contribution is 0.128. The summed E-state index contributed by atoms with van der Waals surface area (Å²) in [5.74, 6) is 0.576. The summed E-state index contributed by atoms with van der Waals surface area (Å²) in [7, 11) is -3.52. The number of thiophene rings is 1. The molecular formula is C12H18N2O3S2. The first kappa shape index (κ1) is 16.1. The van der Waals surface area contributed by atoms with Crippen LogP contribution in [0.1, 0.15) is 25.1 Å². The molecule has 1 N–H and O–H groups in total.